The van der Waals surface area contributed by atoms with E-state index in [0.717, 1.165) is 22.6 Å². The van der Waals surface area contributed by atoms with E-state index in [0.29, 0.717) is 36.3 Å². The van der Waals surface area contributed by atoms with Crippen molar-refractivity contribution in [3.63, 3.8) is 0 Å². The highest BCUT2D eigenvalue weighted by atomic mass is 16.4. The van der Waals surface area contributed by atoms with Crippen molar-refractivity contribution in [2.75, 3.05) is 0 Å². The van der Waals surface area contributed by atoms with E-state index in [4.69, 9.17) is 4.42 Å². The van der Waals surface area contributed by atoms with Crippen LogP contribution in [0.25, 0.3) is 5.69 Å². The fourth-order valence-electron chi connectivity index (χ4n) is 4.30. The number of Topliss-reactive ketones (excluding diaryl/α,β-unsaturated/α-hetero) is 1. The van der Waals surface area contributed by atoms with Gasteiger partial charge in [-0.25, -0.2) is 4.68 Å². The lowest BCUT2D eigenvalue weighted by Gasteiger charge is -2.27. The summed E-state index contributed by atoms with van der Waals surface area (Å²) in [6, 6.07) is 9.90. The van der Waals surface area contributed by atoms with Crippen molar-refractivity contribution in [1.82, 2.24) is 15.1 Å². The van der Waals surface area contributed by atoms with Gasteiger partial charge in [-0.1, -0.05) is 32.0 Å². The number of benzene rings is 1. The third-order valence-corrected chi connectivity index (χ3v) is 5.85. The largest absolute Gasteiger partial charge is 0.455 e. The molecule has 4 rings (SSSR count). The minimum atomic E-state index is -0.307. The maximum atomic E-state index is 12.9. The Hall–Kier alpha value is -3.15. The maximum Gasteiger partial charge on any atom is 0.287 e. The topological polar surface area (TPSA) is 77.1 Å². The Bertz CT molecular complexity index is 1140. The number of hydrogen-bond donors (Lipinski definition) is 1. The van der Waals surface area contributed by atoms with Crippen LogP contribution >= 0.6 is 0 Å². The fraction of sp³-hybridized carbons (Fsp3) is 0.375. The summed E-state index contributed by atoms with van der Waals surface area (Å²) in [4.78, 5) is 25.4. The second-order valence-electron chi connectivity index (χ2n) is 8.87. The first-order chi connectivity index (χ1) is 14.2. The van der Waals surface area contributed by atoms with Gasteiger partial charge in [-0.2, -0.15) is 5.10 Å². The quantitative estimate of drug-likeness (QED) is 0.694. The average molecular weight is 405 g/mol. The number of fused-ring (bicyclic) bond motifs is 1. The van der Waals surface area contributed by atoms with E-state index in [2.05, 4.69) is 10.4 Å². The average Bonchev–Trinajstić information content (AvgIpc) is 3.16. The summed E-state index contributed by atoms with van der Waals surface area (Å²) in [7, 11) is 0. The van der Waals surface area contributed by atoms with E-state index in [1.807, 2.05) is 62.7 Å². The van der Waals surface area contributed by atoms with Crippen molar-refractivity contribution in [2.24, 2.45) is 5.41 Å². The van der Waals surface area contributed by atoms with Gasteiger partial charge >= 0.3 is 0 Å². The molecule has 156 valence electrons. The summed E-state index contributed by atoms with van der Waals surface area (Å²) >= 11 is 0. The SMILES string of the molecule is Cc1nn(-c2ccccc2)c(C)c1CNC(=O)c1oc2c(c1C)C(=O)CC(C)(C)C2. The number of rotatable bonds is 4. The summed E-state index contributed by atoms with van der Waals surface area (Å²) in [5, 5.41) is 7.57. The summed E-state index contributed by atoms with van der Waals surface area (Å²) in [5.74, 6) is 0.608. The third-order valence-electron chi connectivity index (χ3n) is 5.85. The number of furan rings is 1. The van der Waals surface area contributed by atoms with Gasteiger partial charge < -0.3 is 9.73 Å². The zero-order chi connectivity index (χ0) is 21.6. The van der Waals surface area contributed by atoms with Gasteiger partial charge in [0.05, 0.1) is 16.9 Å². The van der Waals surface area contributed by atoms with Crippen molar-refractivity contribution in [1.29, 1.82) is 0 Å². The predicted octanol–water partition coefficient (Wildman–Crippen LogP) is 4.48. The van der Waals surface area contributed by atoms with Crippen LogP contribution in [0, 0.1) is 26.2 Å². The lowest BCUT2D eigenvalue weighted by atomic mass is 9.76. The monoisotopic (exact) mass is 405 g/mol. The zero-order valence-corrected chi connectivity index (χ0v) is 18.1. The van der Waals surface area contributed by atoms with Gasteiger partial charge in [0, 0.05) is 36.2 Å². The Morgan fingerprint density at radius 2 is 1.87 bits per heavy atom. The van der Waals surface area contributed by atoms with E-state index >= 15 is 0 Å². The number of ketones is 1. The fourth-order valence-corrected chi connectivity index (χ4v) is 4.30. The highest BCUT2D eigenvalue weighted by molar-refractivity contribution is 6.03. The molecule has 0 saturated heterocycles. The molecule has 30 heavy (non-hydrogen) atoms. The Labute approximate surface area is 176 Å². The second kappa shape index (κ2) is 7.27. The number of aryl methyl sites for hydroxylation is 1. The Balaban J connectivity index is 1.56. The summed E-state index contributed by atoms with van der Waals surface area (Å²) in [6.07, 6.45) is 1.13. The molecule has 1 aromatic carbocycles. The molecule has 0 fully saturated rings. The molecule has 0 bridgehead atoms. The van der Waals surface area contributed by atoms with Gasteiger partial charge in [-0.3, -0.25) is 9.59 Å². The standard InChI is InChI=1S/C24H27N3O3/c1-14-21-19(28)11-24(4,5)12-20(21)30-22(14)23(29)25-13-18-15(2)26-27(16(18)3)17-9-7-6-8-10-17/h6-10H,11-13H2,1-5H3,(H,25,29). The van der Waals surface area contributed by atoms with Crippen LogP contribution in [-0.2, 0) is 13.0 Å². The molecule has 1 aliphatic carbocycles. The van der Waals surface area contributed by atoms with Crippen LogP contribution < -0.4 is 5.32 Å². The van der Waals surface area contributed by atoms with Crippen molar-refractivity contribution >= 4 is 11.7 Å². The van der Waals surface area contributed by atoms with Crippen molar-refractivity contribution in [3.05, 3.63) is 69.9 Å². The lowest BCUT2D eigenvalue weighted by molar-refractivity contribution is 0.0888. The minimum absolute atomic E-state index is 0.0531. The van der Waals surface area contributed by atoms with Gasteiger partial charge in [0.1, 0.15) is 5.76 Å². The molecule has 1 amide bonds. The van der Waals surface area contributed by atoms with E-state index in [1.165, 1.54) is 0 Å². The number of hydrogen-bond acceptors (Lipinski definition) is 4. The highest BCUT2D eigenvalue weighted by Gasteiger charge is 2.37. The smallest absolute Gasteiger partial charge is 0.287 e. The zero-order valence-electron chi connectivity index (χ0n) is 18.1. The molecule has 6 heteroatoms. The highest BCUT2D eigenvalue weighted by Crippen LogP contribution is 2.38. The van der Waals surface area contributed by atoms with Crippen LogP contribution in [0.5, 0.6) is 0 Å². The van der Waals surface area contributed by atoms with Gasteiger partial charge in [0.15, 0.2) is 11.5 Å². The van der Waals surface area contributed by atoms with Gasteiger partial charge in [0.25, 0.3) is 5.91 Å². The summed E-state index contributed by atoms with van der Waals surface area (Å²) in [5.41, 5.74) is 4.86. The van der Waals surface area contributed by atoms with Crippen LogP contribution in [0.15, 0.2) is 34.7 Å². The number of nitrogens with zero attached hydrogens (tertiary/aromatic N) is 2. The van der Waals surface area contributed by atoms with E-state index in [9.17, 15) is 9.59 Å². The van der Waals surface area contributed by atoms with Gasteiger partial charge in [-0.15, -0.1) is 0 Å². The molecule has 3 aromatic rings. The molecule has 0 radical (unpaired) electrons. The number of carbonyl (C=O) groups is 2. The molecular weight excluding hydrogens is 378 g/mol. The minimum Gasteiger partial charge on any atom is -0.455 e. The number of carbonyl (C=O) groups excluding carboxylic acids is 2. The molecule has 2 heterocycles. The Morgan fingerprint density at radius 3 is 2.57 bits per heavy atom. The number of para-hydroxylation sites is 1. The lowest BCUT2D eigenvalue weighted by Crippen LogP contribution is -2.26. The maximum absolute atomic E-state index is 12.9. The van der Waals surface area contributed by atoms with E-state index in [-0.39, 0.29) is 22.9 Å². The number of nitrogens with one attached hydrogen (secondary N) is 1. The Morgan fingerprint density at radius 1 is 1.17 bits per heavy atom. The van der Waals surface area contributed by atoms with Crippen molar-refractivity contribution in [2.45, 2.75) is 54.0 Å². The van der Waals surface area contributed by atoms with Crippen molar-refractivity contribution in [3.8, 4) is 5.69 Å². The molecular formula is C24H27N3O3. The van der Waals surface area contributed by atoms with Crippen LogP contribution in [-0.4, -0.2) is 21.5 Å². The second-order valence-corrected chi connectivity index (χ2v) is 8.87. The molecule has 0 unspecified atom stereocenters. The van der Waals surface area contributed by atoms with Crippen LogP contribution in [0.2, 0.25) is 0 Å². The predicted molar refractivity (Wildman–Crippen MR) is 114 cm³/mol. The van der Waals surface area contributed by atoms with Crippen molar-refractivity contribution < 1.29 is 14.0 Å². The van der Waals surface area contributed by atoms with E-state index < -0.39 is 0 Å². The van der Waals surface area contributed by atoms with Crippen LogP contribution in [0.3, 0.4) is 0 Å². The Kier molecular flexibility index (Phi) is 4.88. The molecule has 0 spiro atoms. The summed E-state index contributed by atoms with van der Waals surface area (Å²) in [6.45, 7) is 10.1. The molecule has 2 aromatic heterocycles. The molecule has 0 atom stereocenters. The molecule has 0 aliphatic heterocycles. The van der Waals surface area contributed by atoms with Crippen LogP contribution in [0.4, 0.5) is 0 Å². The molecule has 1 N–H and O–H groups in total. The summed E-state index contributed by atoms with van der Waals surface area (Å²) < 4.78 is 7.76. The number of amides is 1. The molecule has 6 nitrogen and oxygen atoms in total. The first-order valence-corrected chi connectivity index (χ1v) is 10.2. The van der Waals surface area contributed by atoms with Crippen LogP contribution in [0.1, 0.15) is 69.5 Å². The van der Waals surface area contributed by atoms with E-state index in [1.54, 1.807) is 6.92 Å². The number of aromatic nitrogens is 2. The van der Waals surface area contributed by atoms with Gasteiger partial charge in [0.2, 0.25) is 0 Å². The first kappa shape index (κ1) is 20.1. The first-order valence-electron chi connectivity index (χ1n) is 10.2. The molecule has 1 aliphatic rings. The normalized spacial score (nSPS) is 15.2. The van der Waals surface area contributed by atoms with Gasteiger partial charge in [-0.05, 0) is 38.3 Å². The third kappa shape index (κ3) is 3.47. The molecule has 0 saturated carbocycles.